The van der Waals surface area contributed by atoms with Crippen LogP contribution in [0.2, 0.25) is 0 Å². The second-order valence-corrected chi connectivity index (χ2v) is 10.2. The van der Waals surface area contributed by atoms with E-state index >= 15 is 0 Å². The molecule has 1 N–H and O–H groups in total. The van der Waals surface area contributed by atoms with Gasteiger partial charge in [-0.1, -0.05) is 35.7 Å². The summed E-state index contributed by atoms with van der Waals surface area (Å²) >= 11 is 3.35. The van der Waals surface area contributed by atoms with Crippen LogP contribution in [0.15, 0.2) is 0 Å². The highest BCUT2D eigenvalue weighted by molar-refractivity contribution is 9.09. The van der Waals surface area contributed by atoms with Crippen molar-refractivity contribution in [1.29, 1.82) is 0 Å². The van der Waals surface area contributed by atoms with E-state index in [4.69, 9.17) is 0 Å². The van der Waals surface area contributed by atoms with Gasteiger partial charge in [-0.05, 0) is 18.8 Å². The molecule has 0 radical (unpaired) electrons. The van der Waals surface area contributed by atoms with Crippen molar-refractivity contribution in [2.75, 3.05) is 16.7 Å². The summed E-state index contributed by atoms with van der Waals surface area (Å²) in [5, 5.41) is -0.337. The molecule has 1 aliphatic carbocycles. The molecule has 0 saturated heterocycles. The zero-order valence-electron chi connectivity index (χ0n) is 10.6. The van der Waals surface area contributed by atoms with E-state index in [1.165, 1.54) is 0 Å². The van der Waals surface area contributed by atoms with Crippen molar-refractivity contribution in [3.05, 3.63) is 0 Å². The van der Waals surface area contributed by atoms with Gasteiger partial charge in [0.15, 0.2) is 14.9 Å². The molecule has 0 aromatic rings. The summed E-state index contributed by atoms with van der Waals surface area (Å²) in [7, 11) is -7.35. The van der Waals surface area contributed by atoms with Crippen molar-refractivity contribution in [3.8, 4) is 0 Å². The van der Waals surface area contributed by atoms with Crippen LogP contribution in [0.1, 0.15) is 32.6 Å². The van der Waals surface area contributed by atoms with Gasteiger partial charge >= 0.3 is 0 Å². The quantitative estimate of drug-likeness (QED) is 0.747. The highest BCUT2D eigenvalue weighted by Crippen LogP contribution is 2.34. The fraction of sp³-hybridized carbons (Fsp3) is 1.00. The number of nitrogens with one attached hydrogen (secondary N) is 1. The Morgan fingerprint density at radius 3 is 2.39 bits per heavy atom. The van der Waals surface area contributed by atoms with E-state index in [0.717, 1.165) is 31.9 Å². The van der Waals surface area contributed by atoms with Gasteiger partial charge in [-0.15, -0.1) is 0 Å². The average molecular weight is 362 g/mol. The molecule has 0 heterocycles. The number of hydrogen-bond acceptors (Lipinski definition) is 4. The molecule has 2 unspecified atom stereocenters. The Hall–Kier alpha value is 0.340. The van der Waals surface area contributed by atoms with Crippen LogP contribution in [0.5, 0.6) is 0 Å². The van der Waals surface area contributed by atoms with Crippen molar-refractivity contribution in [3.63, 3.8) is 0 Å². The van der Waals surface area contributed by atoms with Crippen LogP contribution in [0.25, 0.3) is 0 Å². The van der Waals surface area contributed by atoms with Gasteiger partial charge in [-0.3, -0.25) is 0 Å². The fourth-order valence-corrected chi connectivity index (χ4v) is 6.79. The van der Waals surface area contributed by atoms with Crippen molar-refractivity contribution >= 4 is 35.8 Å². The Labute approximate surface area is 118 Å². The molecule has 0 aromatic carbocycles. The van der Waals surface area contributed by atoms with Crippen LogP contribution >= 0.6 is 15.9 Å². The average Bonchev–Trinajstić information content (AvgIpc) is 2.12. The van der Waals surface area contributed by atoms with Gasteiger partial charge in [-0.25, -0.2) is 21.6 Å². The van der Waals surface area contributed by atoms with Crippen LogP contribution in [0, 0.1) is 5.92 Å². The first-order valence-electron chi connectivity index (χ1n) is 5.83. The maximum atomic E-state index is 11.9. The monoisotopic (exact) mass is 361 g/mol. The van der Waals surface area contributed by atoms with Gasteiger partial charge in [0.05, 0.1) is 0 Å². The first-order valence-corrected chi connectivity index (χ1v) is 10.7. The summed E-state index contributed by atoms with van der Waals surface area (Å²) in [6.45, 7) is 2.08. The van der Waals surface area contributed by atoms with Crippen LogP contribution in [-0.4, -0.2) is 39.0 Å². The Balaban J connectivity index is 2.85. The molecule has 0 bridgehead atoms. The predicted molar refractivity (Wildman–Crippen MR) is 75.9 cm³/mol. The largest absolute Gasteiger partial charge is 0.228 e. The Morgan fingerprint density at radius 2 is 1.94 bits per heavy atom. The second-order valence-electron chi connectivity index (χ2n) is 5.38. The Bertz CT molecular complexity index is 488. The minimum absolute atomic E-state index is 0.442. The summed E-state index contributed by atoms with van der Waals surface area (Å²) in [5.74, 6) is 0.442. The molecule has 1 saturated carbocycles. The lowest BCUT2D eigenvalue weighted by molar-refractivity contribution is 0.242. The van der Waals surface area contributed by atoms with Gasteiger partial charge in [0.25, 0.3) is 0 Å². The molecule has 0 aromatic heterocycles. The number of sulfonamides is 1. The lowest BCUT2D eigenvalue weighted by atomic mass is 9.78. The molecule has 1 aliphatic rings. The number of sulfone groups is 1. The Morgan fingerprint density at radius 1 is 1.33 bits per heavy atom. The molecule has 8 heteroatoms. The molecular formula is C10H20BrNO4S2. The normalized spacial score (nSPS) is 30.3. The maximum absolute atomic E-state index is 11.9. The number of alkyl halides is 1. The molecule has 2 atom stereocenters. The molecule has 0 amide bonds. The standard InChI is InChI=1S/C10H20BrNO4S2/c1-9-4-3-5-10(6-9,7-11)12-18(15,16)8-17(2,13)14/h9,12H,3-8H2,1-2H3. The van der Waals surface area contributed by atoms with Crippen molar-refractivity contribution in [1.82, 2.24) is 4.72 Å². The van der Waals surface area contributed by atoms with Gasteiger partial charge in [0, 0.05) is 17.1 Å². The molecule has 1 rings (SSSR count). The maximum Gasteiger partial charge on any atom is 0.226 e. The highest BCUT2D eigenvalue weighted by atomic mass is 79.9. The molecule has 5 nitrogen and oxygen atoms in total. The van der Waals surface area contributed by atoms with E-state index in [-0.39, 0.29) is 0 Å². The van der Waals surface area contributed by atoms with Gasteiger partial charge in [-0.2, -0.15) is 0 Å². The fourth-order valence-electron chi connectivity index (χ4n) is 2.54. The number of rotatable bonds is 5. The summed E-state index contributed by atoms with van der Waals surface area (Å²) in [4.78, 5) is 0. The first kappa shape index (κ1) is 16.4. The van der Waals surface area contributed by atoms with E-state index in [1.54, 1.807) is 0 Å². The van der Waals surface area contributed by atoms with E-state index in [2.05, 4.69) is 27.6 Å². The van der Waals surface area contributed by atoms with Crippen molar-refractivity contribution in [2.45, 2.75) is 38.1 Å². The summed E-state index contributed by atoms with van der Waals surface area (Å²) < 4.78 is 48.6. The van der Waals surface area contributed by atoms with E-state index in [0.29, 0.717) is 11.2 Å². The van der Waals surface area contributed by atoms with Crippen molar-refractivity contribution < 1.29 is 16.8 Å². The first-order chi connectivity index (χ1) is 8.08. The second kappa shape index (κ2) is 5.76. The predicted octanol–water partition coefficient (Wildman–Crippen LogP) is 1.25. The highest BCUT2D eigenvalue weighted by Gasteiger charge is 2.38. The topological polar surface area (TPSA) is 80.3 Å². The zero-order valence-corrected chi connectivity index (χ0v) is 13.9. The lowest BCUT2D eigenvalue weighted by Gasteiger charge is -2.39. The SMILES string of the molecule is CC1CCCC(CBr)(NS(=O)(=O)CS(C)(=O)=O)C1. The van der Waals surface area contributed by atoms with Crippen LogP contribution in [0.4, 0.5) is 0 Å². The third-order valence-electron chi connectivity index (χ3n) is 3.09. The minimum Gasteiger partial charge on any atom is -0.228 e. The minimum atomic E-state index is -3.80. The van der Waals surface area contributed by atoms with Crippen molar-refractivity contribution in [2.24, 2.45) is 5.92 Å². The Kier molecular flexibility index (Phi) is 5.25. The molecule has 1 fully saturated rings. The smallest absolute Gasteiger partial charge is 0.226 e. The third kappa shape index (κ3) is 5.14. The van der Waals surface area contributed by atoms with Crippen LogP contribution in [0.3, 0.4) is 0 Å². The van der Waals surface area contributed by atoms with Gasteiger partial charge in [0.1, 0.15) is 0 Å². The van der Waals surface area contributed by atoms with E-state index < -0.39 is 30.5 Å². The summed E-state index contributed by atoms with van der Waals surface area (Å²) in [5.41, 5.74) is -0.540. The van der Waals surface area contributed by atoms with E-state index in [1.807, 2.05) is 0 Å². The summed E-state index contributed by atoms with van der Waals surface area (Å²) in [6, 6.07) is 0. The van der Waals surface area contributed by atoms with Crippen LogP contribution in [-0.2, 0) is 19.9 Å². The molecule has 108 valence electrons. The van der Waals surface area contributed by atoms with Gasteiger partial charge < -0.3 is 0 Å². The number of hydrogen-bond donors (Lipinski definition) is 1. The molecule has 18 heavy (non-hydrogen) atoms. The van der Waals surface area contributed by atoms with Gasteiger partial charge in [0.2, 0.25) is 10.0 Å². The van der Waals surface area contributed by atoms with E-state index in [9.17, 15) is 16.8 Å². The molecular weight excluding hydrogens is 342 g/mol. The summed E-state index contributed by atoms with van der Waals surface area (Å²) in [6.07, 6.45) is 4.44. The lowest BCUT2D eigenvalue weighted by Crippen LogP contribution is -2.53. The van der Waals surface area contributed by atoms with Crippen LogP contribution < -0.4 is 4.72 Å². The molecule has 0 spiro atoms. The zero-order chi connectivity index (χ0) is 14.0. The third-order valence-corrected chi connectivity index (χ3v) is 7.86. The number of halogens is 1. The molecule has 0 aliphatic heterocycles.